The number of amides is 1. The first kappa shape index (κ1) is 17.2. The molecule has 0 saturated heterocycles. The third-order valence-electron chi connectivity index (χ3n) is 3.15. The monoisotopic (exact) mass is 304 g/mol. The number of carbonyl (C=O) groups excluding carboxylic acids is 1. The number of carbonyl (C=O) groups is 1. The molecule has 3 N–H and O–H groups in total. The van der Waals surface area contributed by atoms with Crippen molar-refractivity contribution in [2.75, 3.05) is 23.3 Å². The van der Waals surface area contributed by atoms with Gasteiger partial charge >= 0.3 is 6.18 Å². The average molecular weight is 304 g/mol. The number of nitrogens with two attached hydrogens (primary N) is 1. The van der Waals surface area contributed by atoms with Crippen molar-refractivity contribution in [1.29, 1.82) is 0 Å². The number of halogens is 3. The first-order valence-corrected chi connectivity index (χ1v) is 6.51. The van der Waals surface area contributed by atoms with Crippen molar-refractivity contribution >= 4 is 17.4 Å². The minimum atomic E-state index is -4.83. The summed E-state index contributed by atoms with van der Waals surface area (Å²) >= 11 is 0. The number of pyridine rings is 1. The molecule has 0 aliphatic rings. The van der Waals surface area contributed by atoms with Gasteiger partial charge < -0.3 is 16.0 Å². The van der Waals surface area contributed by atoms with Crippen molar-refractivity contribution in [2.45, 2.75) is 32.5 Å². The van der Waals surface area contributed by atoms with Crippen LogP contribution < -0.4 is 16.0 Å². The van der Waals surface area contributed by atoms with E-state index in [2.05, 4.69) is 10.3 Å². The Balaban J connectivity index is 2.83. The Morgan fingerprint density at radius 2 is 1.90 bits per heavy atom. The van der Waals surface area contributed by atoms with Crippen molar-refractivity contribution in [3.8, 4) is 0 Å². The highest BCUT2D eigenvalue weighted by Gasteiger charge is 2.53. The summed E-state index contributed by atoms with van der Waals surface area (Å²) < 4.78 is 37.9. The Morgan fingerprint density at radius 3 is 2.29 bits per heavy atom. The van der Waals surface area contributed by atoms with Crippen LogP contribution in [0.5, 0.6) is 0 Å². The molecule has 21 heavy (non-hydrogen) atoms. The van der Waals surface area contributed by atoms with Crippen LogP contribution >= 0.6 is 0 Å². The van der Waals surface area contributed by atoms with Crippen LogP contribution in [0.2, 0.25) is 0 Å². The summed E-state index contributed by atoms with van der Waals surface area (Å²) in [4.78, 5) is 17.7. The van der Waals surface area contributed by atoms with Gasteiger partial charge in [0, 0.05) is 13.1 Å². The highest BCUT2D eigenvalue weighted by molar-refractivity contribution is 5.98. The second kappa shape index (κ2) is 6.30. The summed E-state index contributed by atoms with van der Waals surface area (Å²) in [5.41, 5.74) is 2.25. The fourth-order valence-electron chi connectivity index (χ4n) is 1.58. The third kappa shape index (κ3) is 3.84. The molecule has 0 saturated carbocycles. The van der Waals surface area contributed by atoms with Gasteiger partial charge in [-0.05, 0) is 32.9 Å². The lowest BCUT2D eigenvalue weighted by Gasteiger charge is -2.26. The Kier molecular flexibility index (Phi) is 5.16. The number of nitrogens with one attached hydrogen (secondary N) is 1. The van der Waals surface area contributed by atoms with Gasteiger partial charge in [-0.15, -0.1) is 0 Å². The molecule has 0 bridgehead atoms. The van der Waals surface area contributed by atoms with Gasteiger partial charge in [-0.1, -0.05) is 0 Å². The fraction of sp³-hybridized carbons (Fsp3) is 0.538. The lowest BCUT2D eigenvalue weighted by molar-refractivity contribution is -0.184. The molecule has 0 spiro atoms. The van der Waals surface area contributed by atoms with Crippen molar-refractivity contribution in [3.63, 3.8) is 0 Å². The highest BCUT2D eigenvalue weighted by Crippen LogP contribution is 2.29. The van der Waals surface area contributed by atoms with Crippen molar-refractivity contribution in [2.24, 2.45) is 5.73 Å². The van der Waals surface area contributed by atoms with Gasteiger partial charge in [0.2, 0.25) is 0 Å². The van der Waals surface area contributed by atoms with E-state index in [0.717, 1.165) is 13.1 Å². The molecule has 1 unspecified atom stereocenters. The maximum Gasteiger partial charge on any atom is 0.415 e. The number of hydrogen-bond donors (Lipinski definition) is 2. The molecule has 8 heteroatoms. The van der Waals surface area contributed by atoms with Crippen LogP contribution in [0.15, 0.2) is 18.3 Å². The van der Waals surface area contributed by atoms with E-state index in [1.807, 2.05) is 18.7 Å². The fourth-order valence-corrected chi connectivity index (χ4v) is 1.58. The lowest BCUT2D eigenvalue weighted by atomic mass is 10.0. The largest absolute Gasteiger partial charge is 0.415 e. The molecule has 118 valence electrons. The van der Waals surface area contributed by atoms with Gasteiger partial charge in [0.15, 0.2) is 5.54 Å². The van der Waals surface area contributed by atoms with Gasteiger partial charge in [0.25, 0.3) is 5.91 Å². The summed E-state index contributed by atoms with van der Waals surface area (Å²) in [6.45, 7) is 6.06. The molecular formula is C13H19F3N4O. The van der Waals surface area contributed by atoms with Gasteiger partial charge in [-0.2, -0.15) is 13.2 Å². The normalized spacial score (nSPS) is 14.4. The van der Waals surface area contributed by atoms with E-state index >= 15 is 0 Å². The zero-order chi connectivity index (χ0) is 16.3. The molecule has 0 aliphatic carbocycles. The van der Waals surface area contributed by atoms with Crippen LogP contribution in [0.3, 0.4) is 0 Å². The standard InChI is InChI=1S/C13H19F3N4O/c1-4-20(5-2)10-7-6-9(8-18-10)19-11(21)12(3,17)13(14,15)16/h6-8H,4-5,17H2,1-3H3,(H,19,21). The Hall–Kier alpha value is -1.83. The molecule has 1 rings (SSSR count). The molecule has 0 radical (unpaired) electrons. The highest BCUT2D eigenvalue weighted by atomic mass is 19.4. The quantitative estimate of drug-likeness (QED) is 0.874. The zero-order valence-electron chi connectivity index (χ0n) is 12.2. The maximum absolute atomic E-state index is 12.6. The van der Waals surface area contributed by atoms with Crippen LogP contribution in [0.25, 0.3) is 0 Å². The van der Waals surface area contributed by atoms with Crippen LogP contribution in [0.4, 0.5) is 24.7 Å². The number of aromatic nitrogens is 1. The van der Waals surface area contributed by atoms with Gasteiger partial charge in [0.1, 0.15) is 5.82 Å². The van der Waals surface area contributed by atoms with E-state index < -0.39 is 17.6 Å². The topological polar surface area (TPSA) is 71.2 Å². The van der Waals surface area contributed by atoms with Crippen LogP contribution in [0.1, 0.15) is 20.8 Å². The van der Waals surface area contributed by atoms with E-state index in [0.29, 0.717) is 12.7 Å². The predicted octanol–water partition coefficient (Wildman–Crippen LogP) is 2.15. The molecule has 0 fully saturated rings. The van der Waals surface area contributed by atoms with Crippen molar-refractivity contribution in [3.05, 3.63) is 18.3 Å². The summed E-state index contributed by atoms with van der Waals surface area (Å²) in [5.74, 6) is -0.642. The second-order valence-corrected chi connectivity index (χ2v) is 4.73. The van der Waals surface area contributed by atoms with E-state index in [1.54, 1.807) is 6.07 Å². The van der Waals surface area contributed by atoms with E-state index in [1.165, 1.54) is 12.3 Å². The lowest BCUT2D eigenvalue weighted by Crippen LogP contribution is -2.59. The van der Waals surface area contributed by atoms with E-state index in [-0.39, 0.29) is 5.69 Å². The molecule has 1 heterocycles. The summed E-state index contributed by atoms with van der Waals surface area (Å²) in [6, 6.07) is 3.12. The number of nitrogens with zero attached hydrogens (tertiary/aromatic N) is 2. The Labute approximate surface area is 121 Å². The molecule has 1 aromatic heterocycles. The number of alkyl halides is 3. The van der Waals surface area contributed by atoms with Crippen LogP contribution in [0, 0.1) is 0 Å². The number of rotatable bonds is 5. The summed E-state index contributed by atoms with van der Waals surface area (Å²) in [5, 5.41) is 2.13. The molecular weight excluding hydrogens is 285 g/mol. The molecule has 1 atom stereocenters. The number of hydrogen-bond acceptors (Lipinski definition) is 4. The predicted molar refractivity (Wildman–Crippen MR) is 75.1 cm³/mol. The molecule has 1 aromatic rings. The maximum atomic E-state index is 12.6. The minimum Gasteiger partial charge on any atom is -0.357 e. The SMILES string of the molecule is CCN(CC)c1ccc(NC(=O)C(C)(N)C(F)(F)F)cn1. The van der Waals surface area contributed by atoms with E-state index in [4.69, 9.17) is 5.73 Å². The molecule has 0 aromatic carbocycles. The Bertz CT molecular complexity index is 481. The average Bonchev–Trinajstić information content (AvgIpc) is 2.40. The first-order valence-electron chi connectivity index (χ1n) is 6.51. The van der Waals surface area contributed by atoms with Gasteiger partial charge in [0.05, 0.1) is 11.9 Å². The molecule has 5 nitrogen and oxygen atoms in total. The smallest absolute Gasteiger partial charge is 0.357 e. The minimum absolute atomic E-state index is 0.164. The summed E-state index contributed by atoms with van der Waals surface area (Å²) in [7, 11) is 0. The number of anilines is 2. The molecule has 0 aliphatic heterocycles. The van der Waals surface area contributed by atoms with Gasteiger partial charge in [-0.3, -0.25) is 4.79 Å². The van der Waals surface area contributed by atoms with Crippen molar-refractivity contribution in [1.82, 2.24) is 4.98 Å². The third-order valence-corrected chi connectivity index (χ3v) is 3.15. The Morgan fingerprint density at radius 1 is 1.33 bits per heavy atom. The zero-order valence-corrected chi connectivity index (χ0v) is 12.2. The van der Waals surface area contributed by atoms with Crippen LogP contribution in [-0.4, -0.2) is 35.7 Å². The first-order chi connectivity index (χ1) is 9.63. The van der Waals surface area contributed by atoms with Crippen molar-refractivity contribution < 1.29 is 18.0 Å². The van der Waals surface area contributed by atoms with E-state index in [9.17, 15) is 18.0 Å². The van der Waals surface area contributed by atoms with Crippen LogP contribution in [-0.2, 0) is 4.79 Å². The van der Waals surface area contributed by atoms with Gasteiger partial charge in [-0.25, -0.2) is 4.98 Å². The summed E-state index contributed by atoms with van der Waals surface area (Å²) in [6.07, 6.45) is -3.52. The molecule has 1 amide bonds. The second-order valence-electron chi connectivity index (χ2n) is 4.73.